The second-order valence-electron chi connectivity index (χ2n) is 4.15. The van der Waals surface area contributed by atoms with Crippen LogP contribution in [-0.4, -0.2) is 11.1 Å². The van der Waals surface area contributed by atoms with E-state index in [9.17, 15) is 0 Å². The van der Waals surface area contributed by atoms with Crippen LogP contribution in [0, 0.1) is 0 Å². The van der Waals surface area contributed by atoms with E-state index in [0.29, 0.717) is 0 Å². The first-order valence-corrected chi connectivity index (χ1v) is 6.04. The summed E-state index contributed by atoms with van der Waals surface area (Å²) in [5.74, 6) is 0. The lowest BCUT2D eigenvalue weighted by atomic mass is 10.1. The fourth-order valence-corrected chi connectivity index (χ4v) is 2.47. The van der Waals surface area contributed by atoms with Gasteiger partial charge in [0.2, 0.25) is 0 Å². The summed E-state index contributed by atoms with van der Waals surface area (Å²) in [6.45, 7) is 0.768. The first-order valence-electron chi connectivity index (χ1n) is 5.66. The first-order chi connectivity index (χ1) is 7.74. The predicted octanol–water partition coefficient (Wildman–Crippen LogP) is 3.11. The number of rotatable bonds is 4. The van der Waals surface area contributed by atoms with Gasteiger partial charge < -0.3 is 10.3 Å². The standard InChI is InChI=1S/C13H17ClN2/c1-16-9-12(14)11-7-4-6-10(13(11)16)5-2-3-8-15/h4,6-7,9H,2-3,5,8,15H2,1H3. The molecule has 2 nitrogen and oxygen atoms in total. The van der Waals surface area contributed by atoms with Gasteiger partial charge in [0.1, 0.15) is 0 Å². The van der Waals surface area contributed by atoms with Gasteiger partial charge in [0.25, 0.3) is 0 Å². The third-order valence-electron chi connectivity index (χ3n) is 2.94. The minimum absolute atomic E-state index is 0.768. The number of nitrogens with zero attached hydrogens (tertiary/aromatic N) is 1. The molecule has 0 aliphatic carbocycles. The molecule has 86 valence electrons. The van der Waals surface area contributed by atoms with E-state index in [1.165, 1.54) is 11.1 Å². The second kappa shape index (κ2) is 4.89. The fraction of sp³-hybridized carbons (Fsp3) is 0.385. The van der Waals surface area contributed by atoms with Gasteiger partial charge in [-0.15, -0.1) is 0 Å². The summed E-state index contributed by atoms with van der Waals surface area (Å²) < 4.78 is 2.11. The zero-order valence-electron chi connectivity index (χ0n) is 9.54. The molecule has 0 saturated heterocycles. The highest BCUT2D eigenvalue weighted by Gasteiger charge is 2.08. The highest BCUT2D eigenvalue weighted by molar-refractivity contribution is 6.35. The molecule has 2 aromatic rings. The molecule has 3 heteroatoms. The minimum atomic E-state index is 0.768. The summed E-state index contributed by atoms with van der Waals surface area (Å²) in [6, 6.07) is 6.32. The van der Waals surface area contributed by atoms with Crippen molar-refractivity contribution < 1.29 is 0 Å². The quantitative estimate of drug-likeness (QED) is 0.813. The van der Waals surface area contributed by atoms with Gasteiger partial charge >= 0.3 is 0 Å². The molecule has 0 atom stereocenters. The molecule has 1 aromatic carbocycles. The van der Waals surface area contributed by atoms with Gasteiger partial charge in [-0.3, -0.25) is 0 Å². The number of benzene rings is 1. The zero-order valence-corrected chi connectivity index (χ0v) is 10.3. The third-order valence-corrected chi connectivity index (χ3v) is 3.24. The maximum Gasteiger partial charge on any atom is 0.0661 e. The molecule has 2 N–H and O–H groups in total. The van der Waals surface area contributed by atoms with Crippen molar-refractivity contribution in [2.24, 2.45) is 12.8 Å². The smallest absolute Gasteiger partial charge is 0.0661 e. The van der Waals surface area contributed by atoms with E-state index in [2.05, 4.69) is 22.8 Å². The highest BCUT2D eigenvalue weighted by Crippen LogP contribution is 2.28. The second-order valence-corrected chi connectivity index (χ2v) is 4.55. The van der Waals surface area contributed by atoms with Crippen molar-refractivity contribution in [3.63, 3.8) is 0 Å². The van der Waals surface area contributed by atoms with Gasteiger partial charge in [0.15, 0.2) is 0 Å². The normalized spacial score (nSPS) is 11.2. The number of para-hydroxylation sites is 1. The van der Waals surface area contributed by atoms with E-state index < -0.39 is 0 Å². The molecule has 0 fully saturated rings. The van der Waals surface area contributed by atoms with Gasteiger partial charge in [-0.25, -0.2) is 0 Å². The Labute approximate surface area is 101 Å². The molecule has 0 saturated carbocycles. The molecule has 1 heterocycles. The topological polar surface area (TPSA) is 30.9 Å². The lowest BCUT2D eigenvalue weighted by molar-refractivity contribution is 0.745. The fourth-order valence-electron chi connectivity index (χ4n) is 2.17. The monoisotopic (exact) mass is 236 g/mol. The molecule has 0 bridgehead atoms. The Kier molecular flexibility index (Phi) is 3.52. The Bertz CT molecular complexity index is 488. The first kappa shape index (κ1) is 11.5. The largest absolute Gasteiger partial charge is 0.349 e. The Balaban J connectivity index is 2.37. The molecule has 0 amide bonds. The zero-order chi connectivity index (χ0) is 11.5. The van der Waals surface area contributed by atoms with Crippen molar-refractivity contribution in [1.82, 2.24) is 4.57 Å². The summed E-state index contributed by atoms with van der Waals surface area (Å²) in [4.78, 5) is 0. The SMILES string of the molecule is Cn1cc(Cl)c2cccc(CCCCN)c21. The van der Waals surface area contributed by atoms with Gasteiger partial charge in [0, 0.05) is 18.6 Å². The Morgan fingerprint density at radius 2 is 2.12 bits per heavy atom. The van der Waals surface area contributed by atoms with Crippen LogP contribution in [0.1, 0.15) is 18.4 Å². The van der Waals surface area contributed by atoms with Crippen LogP contribution in [-0.2, 0) is 13.5 Å². The van der Waals surface area contributed by atoms with Crippen LogP contribution in [0.5, 0.6) is 0 Å². The van der Waals surface area contributed by atoms with Crippen LogP contribution in [0.25, 0.3) is 10.9 Å². The van der Waals surface area contributed by atoms with E-state index in [1.54, 1.807) is 0 Å². The van der Waals surface area contributed by atoms with Crippen LogP contribution >= 0.6 is 11.6 Å². The number of aryl methyl sites for hydroxylation is 2. The van der Waals surface area contributed by atoms with Crippen LogP contribution in [0.4, 0.5) is 0 Å². The number of hydrogen-bond acceptors (Lipinski definition) is 1. The number of fused-ring (bicyclic) bond motifs is 1. The van der Waals surface area contributed by atoms with Crippen LogP contribution < -0.4 is 5.73 Å². The van der Waals surface area contributed by atoms with Crippen LogP contribution in [0.15, 0.2) is 24.4 Å². The lowest BCUT2D eigenvalue weighted by Crippen LogP contribution is -1.99. The molecule has 0 spiro atoms. The van der Waals surface area contributed by atoms with E-state index in [0.717, 1.165) is 36.2 Å². The summed E-state index contributed by atoms with van der Waals surface area (Å²) in [6.07, 6.45) is 5.26. The molecule has 0 unspecified atom stereocenters. The predicted molar refractivity (Wildman–Crippen MR) is 69.9 cm³/mol. The Hall–Kier alpha value is -0.990. The molecule has 1 aromatic heterocycles. The van der Waals surface area contributed by atoms with E-state index in [1.807, 2.05) is 13.2 Å². The van der Waals surface area contributed by atoms with Crippen LogP contribution in [0.2, 0.25) is 5.02 Å². The van der Waals surface area contributed by atoms with Gasteiger partial charge in [0.05, 0.1) is 10.5 Å². The number of hydrogen-bond donors (Lipinski definition) is 1. The Morgan fingerprint density at radius 1 is 1.31 bits per heavy atom. The average Bonchev–Trinajstić information content (AvgIpc) is 2.56. The number of nitrogens with two attached hydrogens (primary N) is 1. The summed E-state index contributed by atoms with van der Waals surface area (Å²) >= 11 is 6.17. The highest BCUT2D eigenvalue weighted by atomic mass is 35.5. The number of halogens is 1. The molecule has 2 rings (SSSR count). The van der Waals surface area contributed by atoms with Crippen molar-refractivity contribution >= 4 is 22.5 Å². The van der Waals surface area contributed by atoms with E-state index in [-0.39, 0.29) is 0 Å². The summed E-state index contributed by atoms with van der Waals surface area (Å²) in [7, 11) is 2.04. The van der Waals surface area contributed by atoms with Crippen molar-refractivity contribution in [2.45, 2.75) is 19.3 Å². The molecule has 16 heavy (non-hydrogen) atoms. The van der Waals surface area contributed by atoms with E-state index in [4.69, 9.17) is 17.3 Å². The minimum Gasteiger partial charge on any atom is -0.349 e. The van der Waals surface area contributed by atoms with Crippen molar-refractivity contribution in [3.8, 4) is 0 Å². The van der Waals surface area contributed by atoms with Crippen molar-refractivity contribution in [3.05, 3.63) is 35.0 Å². The van der Waals surface area contributed by atoms with E-state index >= 15 is 0 Å². The van der Waals surface area contributed by atoms with Crippen molar-refractivity contribution in [1.29, 1.82) is 0 Å². The van der Waals surface area contributed by atoms with Gasteiger partial charge in [-0.2, -0.15) is 0 Å². The molecule has 0 radical (unpaired) electrons. The molecule has 0 aliphatic heterocycles. The molecule has 0 aliphatic rings. The third kappa shape index (κ3) is 2.08. The van der Waals surface area contributed by atoms with Crippen molar-refractivity contribution in [2.75, 3.05) is 6.54 Å². The van der Waals surface area contributed by atoms with Gasteiger partial charge in [-0.05, 0) is 31.4 Å². The number of aromatic nitrogens is 1. The summed E-state index contributed by atoms with van der Waals surface area (Å²) in [5, 5.41) is 1.98. The lowest BCUT2D eigenvalue weighted by Gasteiger charge is -2.05. The molecular formula is C13H17ClN2. The maximum atomic E-state index is 6.17. The molecular weight excluding hydrogens is 220 g/mol. The van der Waals surface area contributed by atoms with Crippen LogP contribution in [0.3, 0.4) is 0 Å². The average molecular weight is 237 g/mol. The van der Waals surface area contributed by atoms with Gasteiger partial charge in [-0.1, -0.05) is 29.8 Å². The maximum absolute atomic E-state index is 6.17. The Morgan fingerprint density at radius 3 is 2.88 bits per heavy atom. The number of unbranched alkanes of at least 4 members (excludes halogenated alkanes) is 1. The summed E-state index contributed by atoms with van der Waals surface area (Å²) in [5.41, 5.74) is 8.13.